The van der Waals surface area contributed by atoms with Crippen molar-refractivity contribution in [2.24, 2.45) is 0 Å². The van der Waals surface area contributed by atoms with Gasteiger partial charge in [0.15, 0.2) is 0 Å². The number of nitrogen functional groups attached to an aromatic ring is 1. The van der Waals surface area contributed by atoms with Crippen molar-refractivity contribution in [2.75, 3.05) is 25.4 Å². The molecule has 9 nitrogen and oxygen atoms in total. The number of aromatic nitrogens is 2. The lowest BCUT2D eigenvalue weighted by molar-refractivity contribution is 0.0747. The number of benzene rings is 3. The highest BCUT2D eigenvalue weighted by Crippen LogP contribution is 2.34. The van der Waals surface area contributed by atoms with Crippen LogP contribution in [-0.2, 0) is 23.1 Å². The normalized spacial score (nSPS) is 13.3. The Bertz CT molecular complexity index is 1640. The standard InChI is InChI=1S/C27H26FN5O4S/c1-2-33(11-12-34)38(36,37)24-10-8-20(28)14-21(24)17-7-9-23-22(13-17)25(31-27(29)30-23)26(35)32-15-18-5-3-4-6-19(18)16-32/h3-10,13-14,34H,2,11-12,15-16H2,1H3,(H2,29,30,31). The van der Waals surface area contributed by atoms with E-state index in [9.17, 15) is 22.7 Å². The molecule has 5 rings (SSSR count). The van der Waals surface area contributed by atoms with Gasteiger partial charge in [-0.05, 0) is 47.0 Å². The molecule has 11 heteroatoms. The van der Waals surface area contributed by atoms with Crippen LogP contribution in [0.1, 0.15) is 28.5 Å². The van der Waals surface area contributed by atoms with Crippen LogP contribution in [0.2, 0.25) is 0 Å². The number of amides is 1. The zero-order valence-electron chi connectivity index (χ0n) is 20.6. The van der Waals surface area contributed by atoms with E-state index in [2.05, 4.69) is 9.97 Å². The van der Waals surface area contributed by atoms with Gasteiger partial charge in [0, 0.05) is 37.1 Å². The number of hydrogen-bond donors (Lipinski definition) is 2. The van der Waals surface area contributed by atoms with Gasteiger partial charge in [-0.1, -0.05) is 37.3 Å². The summed E-state index contributed by atoms with van der Waals surface area (Å²) in [7, 11) is -4.06. The van der Waals surface area contributed by atoms with E-state index in [0.29, 0.717) is 29.6 Å². The third-order valence-electron chi connectivity index (χ3n) is 6.62. The van der Waals surface area contributed by atoms with Gasteiger partial charge in [0.25, 0.3) is 5.91 Å². The van der Waals surface area contributed by atoms with Crippen LogP contribution in [0.4, 0.5) is 10.3 Å². The SMILES string of the molecule is CCN(CCO)S(=O)(=O)c1ccc(F)cc1-c1ccc2nc(N)nc(C(=O)N3Cc4ccccc4C3)c2c1. The van der Waals surface area contributed by atoms with Gasteiger partial charge in [0.05, 0.1) is 17.0 Å². The van der Waals surface area contributed by atoms with Gasteiger partial charge in [0.1, 0.15) is 11.5 Å². The first-order valence-corrected chi connectivity index (χ1v) is 13.5. The maximum Gasteiger partial charge on any atom is 0.273 e. The van der Waals surface area contributed by atoms with E-state index < -0.39 is 15.8 Å². The maximum absolute atomic E-state index is 14.4. The average Bonchev–Trinajstić information content (AvgIpc) is 3.34. The fraction of sp³-hybridized carbons (Fsp3) is 0.222. The molecule has 3 N–H and O–H groups in total. The summed E-state index contributed by atoms with van der Waals surface area (Å²) in [5, 5.41) is 9.72. The molecule has 1 amide bonds. The van der Waals surface area contributed by atoms with E-state index in [1.807, 2.05) is 24.3 Å². The molecular formula is C27H26FN5O4S. The summed E-state index contributed by atoms with van der Waals surface area (Å²) < 4.78 is 42.4. The first-order chi connectivity index (χ1) is 18.2. The van der Waals surface area contributed by atoms with Crippen molar-refractivity contribution in [2.45, 2.75) is 24.9 Å². The molecular weight excluding hydrogens is 509 g/mol. The zero-order chi connectivity index (χ0) is 27.0. The summed E-state index contributed by atoms with van der Waals surface area (Å²) in [5.41, 5.74) is 8.98. The number of sulfonamides is 1. The minimum Gasteiger partial charge on any atom is -0.395 e. The van der Waals surface area contributed by atoms with E-state index in [1.165, 1.54) is 6.07 Å². The molecule has 1 aliphatic heterocycles. The lowest BCUT2D eigenvalue weighted by atomic mass is 10.0. The van der Waals surface area contributed by atoms with Gasteiger partial charge in [-0.25, -0.2) is 22.8 Å². The molecule has 0 saturated heterocycles. The Labute approximate surface area is 219 Å². The zero-order valence-corrected chi connectivity index (χ0v) is 21.4. The topological polar surface area (TPSA) is 130 Å². The summed E-state index contributed by atoms with van der Waals surface area (Å²) in [4.78, 5) is 23.6. The van der Waals surface area contributed by atoms with Crippen LogP contribution in [-0.4, -0.2) is 58.3 Å². The summed E-state index contributed by atoms with van der Waals surface area (Å²) in [6, 6.07) is 16.0. The Kier molecular flexibility index (Phi) is 6.82. The molecule has 0 radical (unpaired) electrons. The Morgan fingerprint density at radius 2 is 1.79 bits per heavy atom. The monoisotopic (exact) mass is 535 g/mol. The second-order valence-electron chi connectivity index (χ2n) is 8.95. The number of aliphatic hydroxyl groups is 1. The predicted octanol–water partition coefficient (Wildman–Crippen LogP) is 3.18. The molecule has 1 aromatic heterocycles. The molecule has 0 fully saturated rings. The van der Waals surface area contributed by atoms with E-state index in [1.54, 1.807) is 30.0 Å². The highest BCUT2D eigenvalue weighted by molar-refractivity contribution is 7.89. The van der Waals surface area contributed by atoms with Crippen LogP contribution >= 0.6 is 0 Å². The molecule has 0 aliphatic carbocycles. The highest BCUT2D eigenvalue weighted by Gasteiger charge is 2.29. The fourth-order valence-corrected chi connectivity index (χ4v) is 6.39. The summed E-state index contributed by atoms with van der Waals surface area (Å²) in [6.07, 6.45) is 0. The number of likely N-dealkylation sites (N-methyl/N-ethyl adjacent to an activating group) is 1. The number of fused-ring (bicyclic) bond motifs is 2. The van der Waals surface area contributed by atoms with Crippen molar-refractivity contribution in [1.82, 2.24) is 19.2 Å². The molecule has 38 heavy (non-hydrogen) atoms. The number of carbonyl (C=O) groups excluding carboxylic acids is 1. The first kappa shape index (κ1) is 25.7. The molecule has 1 aliphatic rings. The quantitative estimate of drug-likeness (QED) is 0.372. The van der Waals surface area contributed by atoms with Crippen molar-refractivity contribution >= 4 is 32.8 Å². The van der Waals surface area contributed by atoms with Crippen LogP contribution in [0.3, 0.4) is 0 Å². The molecule has 0 atom stereocenters. The third-order valence-corrected chi connectivity index (χ3v) is 8.65. The molecule has 0 saturated carbocycles. The number of aliphatic hydroxyl groups excluding tert-OH is 1. The highest BCUT2D eigenvalue weighted by atomic mass is 32.2. The lowest BCUT2D eigenvalue weighted by Gasteiger charge is -2.21. The van der Waals surface area contributed by atoms with E-state index >= 15 is 0 Å². The Morgan fingerprint density at radius 1 is 1.08 bits per heavy atom. The molecule has 196 valence electrons. The van der Waals surface area contributed by atoms with Gasteiger partial charge in [-0.15, -0.1) is 0 Å². The molecule has 0 bridgehead atoms. The third kappa shape index (κ3) is 4.60. The van der Waals surface area contributed by atoms with Crippen LogP contribution < -0.4 is 5.73 Å². The van der Waals surface area contributed by atoms with Crippen LogP contribution in [0, 0.1) is 5.82 Å². The summed E-state index contributed by atoms with van der Waals surface area (Å²) >= 11 is 0. The van der Waals surface area contributed by atoms with Gasteiger partial charge >= 0.3 is 0 Å². The van der Waals surface area contributed by atoms with Crippen molar-refractivity contribution < 1.29 is 22.7 Å². The van der Waals surface area contributed by atoms with Crippen molar-refractivity contribution in [3.63, 3.8) is 0 Å². The number of halogens is 1. The second-order valence-corrected chi connectivity index (χ2v) is 10.9. The van der Waals surface area contributed by atoms with Gasteiger partial charge in [-0.2, -0.15) is 4.31 Å². The number of rotatable bonds is 7. The Morgan fingerprint density at radius 3 is 2.45 bits per heavy atom. The lowest BCUT2D eigenvalue weighted by Crippen LogP contribution is -2.33. The van der Waals surface area contributed by atoms with Crippen LogP contribution in [0.25, 0.3) is 22.0 Å². The van der Waals surface area contributed by atoms with E-state index in [-0.39, 0.29) is 47.7 Å². The molecule has 2 heterocycles. The molecule has 0 unspecified atom stereocenters. The predicted molar refractivity (Wildman–Crippen MR) is 141 cm³/mol. The Hall–Kier alpha value is -3.93. The van der Waals surface area contributed by atoms with E-state index in [4.69, 9.17) is 5.73 Å². The number of nitrogens with two attached hydrogens (primary N) is 1. The Balaban J connectivity index is 1.63. The number of nitrogens with zero attached hydrogens (tertiary/aromatic N) is 4. The van der Waals surface area contributed by atoms with Crippen LogP contribution in [0.15, 0.2) is 65.6 Å². The minimum atomic E-state index is -4.06. The second kappa shape index (κ2) is 10.1. The summed E-state index contributed by atoms with van der Waals surface area (Å²) in [6.45, 7) is 2.17. The van der Waals surface area contributed by atoms with Crippen LogP contribution in [0.5, 0.6) is 0 Å². The summed E-state index contributed by atoms with van der Waals surface area (Å²) in [5.74, 6) is -1.03. The number of hydrogen-bond acceptors (Lipinski definition) is 7. The number of carbonyl (C=O) groups is 1. The first-order valence-electron chi connectivity index (χ1n) is 12.1. The van der Waals surface area contributed by atoms with Crippen molar-refractivity contribution in [1.29, 1.82) is 0 Å². The smallest absolute Gasteiger partial charge is 0.273 e. The number of anilines is 1. The maximum atomic E-state index is 14.4. The fourth-order valence-electron chi connectivity index (χ4n) is 4.76. The van der Waals surface area contributed by atoms with Crippen molar-refractivity contribution in [3.05, 3.63) is 83.3 Å². The average molecular weight is 536 g/mol. The van der Waals surface area contributed by atoms with E-state index in [0.717, 1.165) is 27.6 Å². The minimum absolute atomic E-state index is 0.0677. The molecule has 4 aromatic rings. The molecule has 3 aromatic carbocycles. The molecule has 0 spiro atoms. The van der Waals surface area contributed by atoms with Crippen molar-refractivity contribution in [3.8, 4) is 11.1 Å². The largest absolute Gasteiger partial charge is 0.395 e. The van der Waals surface area contributed by atoms with Gasteiger partial charge in [0.2, 0.25) is 16.0 Å². The van der Waals surface area contributed by atoms with Gasteiger partial charge in [-0.3, -0.25) is 4.79 Å². The van der Waals surface area contributed by atoms with Gasteiger partial charge < -0.3 is 15.7 Å².